The molecule has 0 aliphatic rings. The van der Waals surface area contributed by atoms with Gasteiger partial charge in [0.15, 0.2) is 15.6 Å². The number of carboxylic acid groups (broad SMARTS) is 1. The minimum absolute atomic E-state index is 0.00182. The highest BCUT2D eigenvalue weighted by atomic mass is 32.2. The SMILES string of the molecule is CCS(=O)(=O)Cc1ccc2c(ccn2CC(=O)CCC(=O)O)c1. The molecule has 0 amide bonds. The van der Waals surface area contributed by atoms with E-state index in [9.17, 15) is 18.0 Å². The lowest BCUT2D eigenvalue weighted by atomic mass is 10.2. The first-order chi connectivity index (χ1) is 10.8. The van der Waals surface area contributed by atoms with Crippen LogP contribution in [0.25, 0.3) is 10.9 Å². The predicted molar refractivity (Wildman–Crippen MR) is 87.0 cm³/mol. The minimum atomic E-state index is -3.09. The van der Waals surface area contributed by atoms with Crippen molar-refractivity contribution in [3.8, 4) is 0 Å². The van der Waals surface area contributed by atoms with E-state index in [1.54, 1.807) is 35.9 Å². The van der Waals surface area contributed by atoms with E-state index in [1.165, 1.54) is 0 Å². The summed E-state index contributed by atoms with van der Waals surface area (Å²) in [6, 6.07) is 7.16. The fourth-order valence-electron chi connectivity index (χ4n) is 2.35. The molecule has 1 aromatic heterocycles. The number of sulfone groups is 1. The highest BCUT2D eigenvalue weighted by Gasteiger charge is 2.12. The fourth-order valence-corrected chi connectivity index (χ4v) is 3.24. The molecule has 0 aliphatic carbocycles. The Bertz CT molecular complexity index is 835. The molecule has 23 heavy (non-hydrogen) atoms. The molecule has 6 nitrogen and oxygen atoms in total. The number of ketones is 1. The van der Waals surface area contributed by atoms with Crippen molar-refractivity contribution in [2.75, 3.05) is 5.75 Å². The van der Waals surface area contributed by atoms with Crippen molar-refractivity contribution >= 4 is 32.5 Å². The second kappa shape index (κ2) is 6.95. The van der Waals surface area contributed by atoms with Gasteiger partial charge >= 0.3 is 5.97 Å². The Morgan fingerprint density at radius 2 is 1.91 bits per heavy atom. The van der Waals surface area contributed by atoms with Crippen molar-refractivity contribution in [2.45, 2.75) is 32.1 Å². The predicted octanol–water partition coefficient (Wildman–Crippen LogP) is 2.01. The number of hydrogen-bond acceptors (Lipinski definition) is 4. The molecule has 0 saturated heterocycles. The van der Waals surface area contributed by atoms with Gasteiger partial charge in [-0.05, 0) is 29.1 Å². The van der Waals surface area contributed by atoms with Gasteiger partial charge in [-0.1, -0.05) is 13.0 Å². The number of nitrogens with zero attached hydrogens (tertiary/aromatic N) is 1. The number of carbonyl (C=O) groups is 2. The third-order valence-electron chi connectivity index (χ3n) is 3.63. The Hall–Kier alpha value is -2.15. The molecule has 124 valence electrons. The molecule has 0 fully saturated rings. The molecule has 0 aliphatic heterocycles. The maximum atomic E-state index is 11.8. The first kappa shape index (κ1) is 17.2. The molecule has 0 radical (unpaired) electrons. The second-order valence-corrected chi connectivity index (χ2v) is 7.80. The summed E-state index contributed by atoms with van der Waals surface area (Å²) < 4.78 is 25.1. The van der Waals surface area contributed by atoms with Gasteiger partial charge in [-0.15, -0.1) is 0 Å². The Balaban J connectivity index is 2.15. The van der Waals surface area contributed by atoms with E-state index in [4.69, 9.17) is 5.11 Å². The molecule has 0 atom stereocenters. The van der Waals surface area contributed by atoms with E-state index < -0.39 is 15.8 Å². The number of carbonyl (C=O) groups excluding carboxylic acids is 1. The van der Waals surface area contributed by atoms with Gasteiger partial charge in [-0.25, -0.2) is 8.42 Å². The summed E-state index contributed by atoms with van der Waals surface area (Å²) in [6.45, 7) is 1.73. The molecular formula is C16H19NO5S. The molecule has 0 saturated carbocycles. The van der Waals surface area contributed by atoms with Crippen LogP contribution in [0.3, 0.4) is 0 Å². The summed E-state index contributed by atoms with van der Waals surface area (Å²) in [4.78, 5) is 22.3. The summed E-state index contributed by atoms with van der Waals surface area (Å²) in [5, 5.41) is 9.46. The molecule has 1 N–H and O–H groups in total. The lowest BCUT2D eigenvalue weighted by Gasteiger charge is -2.06. The molecule has 1 heterocycles. The average molecular weight is 337 g/mol. The first-order valence-electron chi connectivity index (χ1n) is 7.32. The van der Waals surface area contributed by atoms with Gasteiger partial charge in [0, 0.05) is 23.9 Å². The molecule has 1 aromatic carbocycles. The second-order valence-electron chi connectivity index (χ2n) is 5.45. The number of Topliss-reactive ketones (excluding diaryl/α,β-unsaturated/α-hetero) is 1. The summed E-state index contributed by atoms with van der Waals surface area (Å²) >= 11 is 0. The van der Waals surface area contributed by atoms with Crippen molar-refractivity contribution in [1.82, 2.24) is 4.57 Å². The van der Waals surface area contributed by atoms with Crippen LogP contribution in [0.15, 0.2) is 30.5 Å². The number of carboxylic acids is 1. The average Bonchev–Trinajstić information content (AvgIpc) is 2.87. The van der Waals surface area contributed by atoms with E-state index in [1.807, 2.05) is 6.07 Å². The Morgan fingerprint density at radius 3 is 2.57 bits per heavy atom. The highest BCUT2D eigenvalue weighted by Crippen LogP contribution is 2.19. The van der Waals surface area contributed by atoms with Gasteiger partial charge in [0.2, 0.25) is 0 Å². The van der Waals surface area contributed by atoms with Crippen molar-refractivity contribution < 1.29 is 23.1 Å². The smallest absolute Gasteiger partial charge is 0.303 e. The summed E-state index contributed by atoms with van der Waals surface area (Å²) in [7, 11) is -3.09. The van der Waals surface area contributed by atoms with Crippen LogP contribution in [0.1, 0.15) is 25.3 Å². The Kier molecular flexibility index (Phi) is 5.20. The number of aliphatic carboxylic acids is 1. The van der Waals surface area contributed by atoms with Crippen molar-refractivity contribution in [3.63, 3.8) is 0 Å². The maximum Gasteiger partial charge on any atom is 0.303 e. The largest absolute Gasteiger partial charge is 0.481 e. The van der Waals surface area contributed by atoms with Crippen LogP contribution in [0.2, 0.25) is 0 Å². The summed E-state index contributed by atoms with van der Waals surface area (Å²) in [5.74, 6) is -1.04. The topological polar surface area (TPSA) is 93.4 Å². The van der Waals surface area contributed by atoms with Crippen LogP contribution >= 0.6 is 0 Å². The zero-order valence-corrected chi connectivity index (χ0v) is 13.7. The van der Waals surface area contributed by atoms with Crippen LogP contribution in [-0.4, -0.2) is 35.6 Å². The van der Waals surface area contributed by atoms with Crippen LogP contribution in [-0.2, 0) is 31.7 Å². The molecule has 2 aromatic rings. The van der Waals surface area contributed by atoms with Crippen LogP contribution in [0.5, 0.6) is 0 Å². The zero-order valence-electron chi connectivity index (χ0n) is 12.9. The molecule has 2 rings (SSSR count). The van der Waals surface area contributed by atoms with Gasteiger partial charge in [-0.2, -0.15) is 0 Å². The van der Waals surface area contributed by atoms with Gasteiger partial charge in [-0.3, -0.25) is 9.59 Å². The summed E-state index contributed by atoms with van der Waals surface area (Å²) in [6.07, 6.45) is 1.58. The van der Waals surface area contributed by atoms with E-state index in [0.717, 1.165) is 10.9 Å². The van der Waals surface area contributed by atoms with Gasteiger partial charge in [0.05, 0.1) is 18.7 Å². The van der Waals surface area contributed by atoms with Crippen molar-refractivity contribution in [3.05, 3.63) is 36.0 Å². The Morgan fingerprint density at radius 1 is 1.17 bits per heavy atom. The van der Waals surface area contributed by atoms with Crippen LogP contribution < -0.4 is 0 Å². The maximum absolute atomic E-state index is 11.8. The third-order valence-corrected chi connectivity index (χ3v) is 5.28. The minimum Gasteiger partial charge on any atom is -0.481 e. The van der Waals surface area contributed by atoms with E-state index >= 15 is 0 Å². The molecule has 7 heteroatoms. The normalized spacial score (nSPS) is 11.7. The van der Waals surface area contributed by atoms with Crippen molar-refractivity contribution in [1.29, 1.82) is 0 Å². The number of benzene rings is 1. The van der Waals surface area contributed by atoms with E-state index in [0.29, 0.717) is 5.56 Å². The third kappa shape index (κ3) is 4.66. The Labute approximate surface area is 134 Å². The first-order valence-corrected chi connectivity index (χ1v) is 9.14. The highest BCUT2D eigenvalue weighted by molar-refractivity contribution is 7.90. The number of rotatable bonds is 8. The quantitative estimate of drug-likeness (QED) is 0.795. The van der Waals surface area contributed by atoms with Crippen LogP contribution in [0.4, 0.5) is 0 Å². The van der Waals surface area contributed by atoms with E-state index in [-0.39, 0.29) is 36.7 Å². The standard InChI is InChI=1S/C16H19NO5S/c1-2-23(21,22)11-12-3-5-15-13(9-12)7-8-17(15)10-14(18)4-6-16(19)20/h3,5,7-9H,2,4,6,10-11H2,1H3,(H,19,20). The van der Waals surface area contributed by atoms with Crippen molar-refractivity contribution in [2.24, 2.45) is 0 Å². The number of fused-ring (bicyclic) bond motifs is 1. The fraction of sp³-hybridized carbons (Fsp3) is 0.375. The van der Waals surface area contributed by atoms with Gasteiger partial charge in [0.1, 0.15) is 0 Å². The zero-order chi connectivity index (χ0) is 17.0. The molecule has 0 spiro atoms. The lowest BCUT2D eigenvalue weighted by molar-refractivity contribution is -0.138. The van der Waals surface area contributed by atoms with E-state index in [2.05, 4.69) is 0 Å². The molecular weight excluding hydrogens is 318 g/mol. The van der Waals surface area contributed by atoms with Crippen LogP contribution in [0, 0.1) is 0 Å². The molecule has 0 bridgehead atoms. The van der Waals surface area contributed by atoms with Gasteiger partial charge in [0.25, 0.3) is 0 Å². The molecule has 0 unspecified atom stereocenters. The number of aromatic nitrogens is 1. The van der Waals surface area contributed by atoms with Gasteiger partial charge < -0.3 is 9.67 Å². The number of hydrogen-bond donors (Lipinski definition) is 1. The monoisotopic (exact) mass is 337 g/mol. The summed E-state index contributed by atoms with van der Waals surface area (Å²) in [5.41, 5.74) is 1.54. The lowest BCUT2D eigenvalue weighted by Crippen LogP contribution is -2.11.